The molecule has 0 aromatic heterocycles. The Morgan fingerprint density at radius 2 is 1.68 bits per heavy atom. The second-order valence-corrected chi connectivity index (χ2v) is 3.52. The van der Waals surface area contributed by atoms with Gasteiger partial charge in [-0.15, -0.1) is 0 Å². The minimum absolute atomic E-state index is 0.397. The van der Waals surface area contributed by atoms with Gasteiger partial charge in [-0.1, -0.05) is 18.2 Å². The zero-order chi connectivity index (χ0) is 14.4. The third-order valence-electron chi connectivity index (χ3n) is 2.28. The Morgan fingerprint density at radius 1 is 1.16 bits per heavy atom. The van der Waals surface area contributed by atoms with Crippen molar-refractivity contribution in [1.29, 1.82) is 0 Å². The first kappa shape index (κ1) is 14.4. The highest BCUT2D eigenvalue weighted by molar-refractivity contribution is 6.12. The molecule has 1 aromatic rings. The average Bonchev–Trinajstić information content (AvgIpc) is 2.35. The lowest BCUT2D eigenvalue weighted by molar-refractivity contribution is -0.140. The van der Waals surface area contributed by atoms with Gasteiger partial charge in [-0.05, 0) is 24.6 Å². The van der Waals surface area contributed by atoms with E-state index in [1.54, 1.807) is 13.0 Å². The number of rotatable bonds is 5. The molecule has 0 bridgehead atoms. The molecule has 0 amide bonds. The van der Waals surface area contributed by atoms with Crippen LogP contribution in [0.2, 0.25) is 0 Å². The lowest BCUT2D eigenvalue weighted by atomic mass is 10.1. The molecule has 0 saturated heterocycles. The molecule has 0 aliphatic carbocycles. The fourth-order valence-corrected chi connectivity index (χ4v) is 1.33. The molecule has 0 aliphatic rings. The van der Waals surface area contributed by atoms with E-state index in [9.17, 15) is 14.0 Å². The van der Waals surface area contributed by atoms with Crippen LogP contribution in [0.3, 0.4) is 0 Å². The van der Waals surface area contributed by atoms with E-state index in [0.717, 1.165) is 6.20 Å². The summed E-state index contributed by atoms with van der Waals surface area (Å²) in [6.07, 6.45) is 2.49. The minimum atomic E-state index is -1.55. The fraction of sp³-hybridized carbons (Fsp3) is 0.0769. The summed E-state index contributed by atoms with van der Waals surface area (Å²) in [5.41, 5.74) is 0.289. The molecular formula is C13H12FNO4. The number of aliphatic carboxylic acids is 2. The van der Waals surface area contributed by atoms with Crippen LogP contribution in [0.15, 0.2) is 42.1 Å². The number of carbonyl (C=O) groups is 2. The molecule has 19 heavy (non-hydrogen) atoms. The van der Waals surface area contributed by atoms with Gasteiger partial charge in [0.15, 0.2) is 5.57 Å². The van der Waals surface area contributed by atoms with E-state index in [0.29, 0.717) is 11.3 Å². The number of allylic oxidation sites excluding steroid dienone is 1. The molecule has 1 aromatic carbocycles. The van der Waals surface area contributed by atoms with Gasteiger partial charge < -0.3 is 15.5 Å². The van der Waals surface area contributed by atoms with Gasteiger partial charge in [0.05, 0.1) is 0 Å². The molecule has 0 heterocycles. The summed E-state index contributed by atoms with van der Waals surface area (Å²) in [4.78, 5) is 21.3. The van der Waals surface area contributed by atoms with Crippen molar-refractivity contribution in [2.45, 2.75) is 6.92 Å². The summed E-state index contributed by atoms with van der Waals surface area (Å²) in [6.45, 7) is 1.68. The topological polar surface area (TPSA) is 86.6 Å². The van der Waals surface area contributed by atoms with Crippen LogP contribution in [-0.4, -0.2) is 22.2 Å². The van der Waals surface area contributed by atoms with Crippen molar-refractivity contribution in [3.8, 4) is 0 Å². The van der Waals surface area contributed by atoms with E-state index in [4.69, 9.17) is 10.2 Å². The first-order chi connectivity index (χ1) is 8.95. The SMILES string of the molecule is C/C=C(\NC=C(C(=O)O)C(=O)O)c1ccc(F)cc1. The van der Waals surface area contributed by atoms with Crippen LogP contribution in [0.25, 0.3) is 5.70 Å². The molecule has 3 N–H and O–H groups in total. The molecule has 6 heteroatoms. The normalized spacial score (nSPS) is 10.7. The Balaban J connectivity index is 2.95. The molecule has 1 rings (SSSR count). The Labute approximate surface area is 108 Å². The molecule has 0 radical (unpaired) electrons. The van der Waals surface area contributed by atoms with Gasteiger partial charge in [0.25, 0.3) is 0 Å². The molecule has 0 atom stereocenters. The summed E-state index contributed by atoms with van der Waals surface area (Å²) in [5.74, 6) is -3.49. The van der Waals surface area contributed by atoms with Crippen molar-refractivity contribution in [3.63, 3.8) is 0 Å². The highest BCUT2D eigenvalue weighted by Crippen LogP contribution is 2.12. The standard InChI is InChI=1S/C13H12FNO4/c1-2-11(8-3-5-9(14)6-4-8)15-7-10(12(16)17)13(18)19/h2-7,15H,1H3,(H,16,17)(H,18,19)/b11-2-. The number of hydrogen-bond donors (Lipinski definition) is 3. The first-order valence-corrected chi connectivity index (χ1v) is 5.31. The number of carboxylic acids is 2. The van der Waals surface area contributed by atoms with Crippen molar-refractivity contribution in [2.24, 2.45) is 0 Å². The van der Waals surface area contributed by atoms with E-state index in [2.05, 4.69) is 5.32 Å². The highest BCUT2D eigenvalue weighted by atomic mass is 19.1. The molecule has 5 nitrogen and oxygen atoms in total. The molecule has 100 valence electrons. The van der Waals surface area contributed by atoms with Gasteiger partial charge >= 0.3 is 11.9 Å². The van der Waals surface area contributed by atoms with E-state index < -0.39 is 23.3 Å². The summed E-state index contributed by atoms with van der Waals surface area (Å²) >= 11 is 0. The maximum atomic E-state index is 12.8. The summed E-state index contributed by atoms with van der Waals surface area (Å²) in [6, 6.07) is 5.48. The Morgan fingerprint density at radius 3 is 2.11 bits per heavy atom. The minimum Gasteiger partial charge on any atom is -0.477 e. The quantitative estimate of drug-likeness (QED) is 0.429. The first-order valence-electron chi connectivity index (χ1n) is 5.31. The number of halogens is 1. The van der Waals surface area contributed by atoms with Crippen molar-refractivity contribution in [3.05, 3.63) is 53.5 Å². The lowest BCUT2D eigenvalue weighted by Crippen LogP contribution is -2.15. The van der Waals surface area contributed by atoms with Crippen LogP contribution in [0.4, 0.5) is 4.39 Å². The Bertz CT molecular complexity index is 530. The zero-order valence-corrected chi connectivity index (χ0v) is 10.1. The van der Waals surface area contributed by atoms with Crippen molar-refractivity contribution in [1.82, 2.24) is 5.32 Å². The van der Waals surface area contributed by atoms with Crippen LogP contribution in [0, 0.1) is 5.82 Å². The Kier molecular flexibility index (Phi) is 4.82. The third-order valence-corrected chi connectivity index (χ3v) is 2.28. The summed E-state index contributed by atoms with van der Waals surface area (Å²) in [7, 11) is 0. The molecule has 0 fully saturated rings. The second kappa shape index (κ2) is 6.34. The van der Waals surface area contributed by atoms with Gasteiger partial charge in [-0.2, -0.15) is 0 Å². The van der Waals surface area contributed by atoms with Crippen molar-refractivity contribution < 1.29 is 24.2 Å². The van der Waals surface area contributed by atoms with Crippen LogP contribution in [0.5, 0.6) is 0 Å². The van der Waals surface area contributed by atoms with E-state index >= 15 is 0 Å². The van der Waals surface area contributed by atoms with Crippen molar-refractivity contribution in [2.75, 3.05) is 0 Å². The largest absolute Gasteiger partial charge is 0.477 e. The van der Waals surface area contributed by atoms with Crippen LogP contribution < -0.4 is 5.32 Å². The van der Waals surface area contributed by atoms with Crippen molar-refractivity contribution >= 4 is 17.6 Å². The number of benzene rings is 1. The van der Waals surface area contributed by atoms with Gasteiger partial charge in [0.1, 0.15) is 5.82 Å². The molecular weight excluding hydrogens is 253 g/mol. The van der Waals surface area contributed by atoms with Crippen LogP contribution in [-0.2, 0) is 9.59 Å². The second-order valence-electron chi connectivity index (χ2n) is 3.52. The van der Waals surface area contributed by atoms with Gasteiger partial charge in [-0.25, -0.2) is 14.0 Å². The highest BCUT2D eigenvalue weighted by Gasteiger charge is 2.15. The summed E-state index contributed by atoms with van der Waals surface area (Å²) < 4.78 is 12.8. The number of carboxylic acid groups (broad SMARTS) is 2. The predicted molar refractivity (Wildman–Crippen MR) is 66.5 cm³/mol. The smallest absolute Gasteiger partial charge is 0.344 e. The van der Waals surface area contributed by atoms with E-state index in [1.165, 1.54) is 24.3 Å². The molecule has 0 spiro atoms. The molecule has 0 aliphatic heterocycles. The zero-order valence-electron chi connectivity index (χ0n) is 10.1. The van der Waals surface area contributed by atoms with Gasteiger partial charge in [-0.3, -0.25) is 0 Å². The van der Waals surface area contributed by atoms with Gasteiger partial charge in [0, 0.05) is 11.9 Å². The lowest BCUT2D eigenvalue weighted by Gasteiger charge is -2.07. The van der Waals surface area contributed by atoms with Crippen LogP contribution >= 0.6 is 0 Å². The maximum Gasteiger partial charge on any atom is 0.344 e. The average molecular weight is 265 g/mol. The van der Waals surface area contributed by atoms with E-state index in [1.807, 2.05) is 0 Å². The monoisotopic (exact) mass is 265 g/mol. The number of hydrogen-bond acceptors (Lipinski definition) is 3. The summed E-state index contributed by atoms with van der Waals surface area (Å²) in [5, 5.41) is 19.9. The third kappa shape index (κ3) is 3.95. The van der Waals surface area contributed by atoms with E-state index in [-0.39, 0.29) is 0 Å². The maximum absolute atomic E-state index is 12.8. The van der Waals surface area contributed by atoms with Gasteiger partial charge in [0.2, 0.25) is 0 Å². The molecule has 0 saturated carbocycles. The van der Waals surface area contributed by atoms with Crippen LogP contribution in [0.1, 0.15) is 12.5 Å². The molecule has 0 unspecified atom stereocenters. The predicted octanol–water partition coefficient (Wildman–Crippen LogP) is 1.83. The number of nitrogens with one attached hydrogen (secondary N) is 1. The fourth-order valence-electron chi connectivity index (χ4n) is 1.33. The Hall–Kier alpha value is -2.63.